The van der Waals surface area contributed by atoms with Crippen LogP contribution in [0.1, 0.15) is 24.8 Å². The number of hydrogen-bond donors (Lipinski definition) is 2. The average molecular weight is 540 g/mol. The molecular formula is C20H31ClIN3O4. The number of nitrogens with zero attached hydrogens (tertiary/aromatic N) is 1. The Balaban J connectivity index is 0.00000300. The number of guanidine groups is 1. The molecule has 1 atom stereocenters. The summed E-state index contributed by atoms with van der Waals surface area (Å²) >= 11 is 6.29. The Bertz CT molecular complexity index is 657. The Kier molecular flexibility index (Phi) is 11.2. The maximum absolute atomic E-state index is 6.29. The van der Waals surface area contributed by atoms with Crippen molar-refractivity contribution in [3.05, 3.63) is 22.7 Å². The van der Waals surface area contributed by atoms with E-state index in [1.807, 2.05) is 12.1 Å². The number of hydrogen-bond acceptors (Lipinski definition) is 5. The van der Waals surface area contributed by atoms with Gasteiger partial charge in [0.15, 0.2) is 17.5 Å². The molecule has 164 valence electrons. The van der Waals surface area contributed by atoms with E-state index in [9.17, 15) is 0 Å². The SMILES string of the molecule is CN=C(NCCCOCC1CCCO1)NCCc1cc(Cl)c2c(c1)OCCO2.I. The van der Waals surface area contributed by atoms with Crippen molar-refractivity contribution in [2.45, 2.75) is 31.8 Å². The molecule has 0 bridgehead atoms. The minimum absolute atomic E-state index is 0. The minimum Gasteiger partial charge on any atom is -0.486 e. The number of benzene rings is 1. The zero-order valence-electron chi connectivity index (χ0n) is 16.9. The molecule has 1 aromatic carbocycles. The lowest BCUT2D eigenvalue weighted by Gasteiger charge is -2.20. The molecule has 2 heterocycles. The first-order valence-electron chi connectivity index (χ1n) is 9.98. The maximum Gasteiger partial charge on any atom is 0.190 e. The standard InChI is InChI=1S/C20H30ClN3O4.HI/c1-22-20(23-6-3-8-25-14-16-4-2-9-26-16)24-7-5-15-12-17(21)19-18(13-15)27-10-11-28-19;/h12-13,16H,2-11,14H2,1H3,(H2,22,23,24);1H. The molecule has 0 aromatic heterocycles. The third-order valence-corrected chi connectivity index (χ3v) is 4.95. The van der Waals surface area contributed by atoms with Gasteiger partial charge in [0.1, 0.15) is 13.2 Å². The van der Waals surface area contributed by atoms with Gasteiger partial charge in [0.25, 0.3) is 0 Å². The topological polar surface area (TPSA) is 73.3 Å². The fourth-order valence-corrected chi connectivity index (χ4v) is 3.51. The summed E-state index contributed by atoms with van der Waals surface area (Å²) < 4.78 is 22.4. The van der Waals surface area contributed by atoms with Gasteiger partial charge in [-0.05, 0) is 43.4 Å². The fraction of sp³-hybridized carbons (Fsp3) is 0.650. The molecule has 1 unspecified atom stereocenters. The van der Waals surface area contributed by atoms with Gasteiger partial charge in [0, 0.05) is 33.4 Å². The molecular weight excluding hydrogens is 509 g/mol. The molecule has 2 aliphatic heterocycles. The first-order chi connectivity index (χ1) is 13.8. The summed E-state index contributed by atoms with van der Waals surface area (Å²) in [5, 5.41) is 7.21. The lowest BCUT2D eigenvalue weighted by Crippen LogP contribution is -2.39. The van der Waals surface area contributed by atoms with E-state index in [0.29, 0.717) is 30.6 Å². The Morgan fingerprint density at radius 2 is 2.03 bits per heavy atom. The second-order valence-corrected chi connectivity index (χ2v) is 7.25. The summed E-state index contributed by atoms with van der Waals surface area (Å²) in [7, 11) is 1.77. The van der Waals surface area contributed by atoms with E-state index in [-0.39, 0.29) is 30.1 Å². The first kappa shape index (κ1) is 24.3. The van der Waals surface area contributed by atoms with E-state index >= 15 is 0 Å². The zero-order valence-corrected chi connectivity index (χ0v) is 20.0. The van der Waals surface area contributed by atoms with Gasteiger partial charge < -0.3 is 29.6 Å². The minimum atomic E-state index is 0. The largest absolute Gasteiger partial charge is 0.486 e. The summed E-state index contributed by atoms with van der Waals surface area (Å²) in [6, 6.07) is 3.92. The molecule has 2 aliphatic rings. The molecule has 0 saturated carbocycles. The van der Waals surface area contributed by atoms with Crippen LogP contribution in [0.4, 0.5) is 0 Å². The van der Waals surface area contributed by atoms with Crippen molar-refractivity contribution in [1.82, 2.24) is 10.6 Å². The monoisotopic (exact) mass is 539 g/mol. The maximum atomic E-state index is 6.29. The Hall–Kier alpha value is -0.970. The Morgan fingerprint density at radius 1 is 1.21 bits per heavy atom. The Labute approximate surface area is 194 Å². The van der Waals surface area contributed by atoms with E-state index in [4.69, 9.17) is 30.5 Å². The molecule has 9 heteroatoms. The molecule has 7 nitrogen and oxygen atoms in total. The Morgan fingerprint density at radius 3 is 2.83 bits per heavy atom. The highest BCUT2D eigenvalue weighted by Crippen LogP contribution is 2.38. The van der Waals surface area contributed by atoms with Gasteiger partial charge in [-0.2, -0.15) is 0 Å². The van der Waals surface area contributed by atoms with Crippen molar-refractivity contribution in [3.63, 3.8) is 0 Å². The molecule has 1 fully saturated rings. The van der Waals surface area contributed by atoms with Crippen LogP contribution in [0.2, 0.25) is 5.02 Å². The summed E-state index contributed by atoms with van der Waals surface area (Å²) in [4.78, 5) is 4.25. The van der Waals surface area contributed by atoms with Crippen molar-refractivity contribution >= 4 is 41.5 Å². The average Bonchev–Trinajstić information content (AvgIpc) is 3.23. The van der Waals surface area contributed by atoms with Crippen molar-refractivity contribution in [2.75, 3.05) is 53.2 Å². The normalized spacial score (nSPS) is 18.3. The van der Waals surface area contributed by atoms with Gasteiger partial charge in [-0.25, -0.2) is 0 Å². The molecule has 1 saturated heterocycles. The van der Waals surface area contributed by atoms with Crippen LogP contribution >= 0.6 is 35.6 Å². The number of ether oxygens (including phenoxy) is 4. The van der Waals surface area contributed by atoms with Gasteiger partial charge in [0.2, 0.25) is 0 Å². The first-order valence-corrected chi connectivity index (χ1v) is 10.4. The van der Waals surface area contributed by atoms with Crippen LogP contribution in [0.25, 0.3) is 0 Å². The van der Waals surface area contributed by atoms with Crippen LogP contribution in [-0.2, 0) is 15.9 Å². The van der Waals surface area contributed by atoms with Crippen LogP contribution in [-0.4, -0.2) is 65.2 Å². The predicted molar refractivity (Wildman–Crippen MR) is 125 cm³/mol. The summed E-state index contributed by atoms with van der Waals surface area (Å²) in [6.07, 6.45) is 4.28. The van der Waals surface area contributed by atoms with Gasteiger partial charge in [-0.15, -0.1) is 24.0 Å². The van der Waals surface area contributed by atoms with Crippen molar-refractivity contribution in [3.8, 4) is 11.5 Å². The number of halogens is 2. The zero-order chi connectivity index (χ0) is 19.6. The van der Waals surface area contributed by atoms with E-state index < -0.39 is 0 Å². The predicted octanol–water partition coefficient (Wildman–Crippen LogP) is 3.02. The highest BCUT2D eigenvalue weighted by Gasteiger charge is 2.17. The smallest absolute Gasteiger partial charge is 0.190 e. The highest BCUT2D eigenvalue weighted by molar-refractivity contribution is 14.0. The lowest BCUT2D eigenvalue weighted by atomic mass is 10.1. The molecule has 3 rings (SSSR count). The van der Waals surface area contributed by atoms with Crippen LogP contribution < -0.4 is 20.1 Å². The molecule has 0 aliphatic carbocycles. The van der Waals surface area contributed by atoms with Crippen LogP contribution in [0, 0.1) is 0 Å². The van der Waals surface area contributed by atoms with Crippen molar-refractivity contribution < 1.29 is 18.9 Å². The molecule has 0 amide bonds. The van der Waals surface area contributed by atoms with Crippen LogP contribution in [0.3, 0.4) is 0 Å². The highest BCUT2D eigenvalue weighted by atomic mass is 127. The van der Waals surface area contributed by atoms with E-state index in [1.165, 1.54) is 0 Å². The van der Waals surface area contributed by atoms with Gasteiger partial charge in [0.05, 0.1) is 17.7 Å². The number of aliphatic imine (C=N–C) groups is 1. The number of nitrogens with one attached hydrogen (secondary N) is 2. The summed E-state index contributed by atoms with van der Waals surface area (Å²) in [5.74, 6) is 2.14. The van der Waals surface area contributed by atoms with Crippen molar-refractivity contribution in [2.24, 2.45) is 4.99 Å². The lowest BCUT2D eigenvalue weighted by molar-refractivity contribution is 0.0168. The number of fused-ring (bicyclic) bond motifs is 1. The number of rotatable bonds is 9. The molecule has 0 radical (unpaired) electrons. The third kappa shape index (κ3) is 7.99. The van der Waals surface area contributed by atoms with Crippen LogP contribution in [0.15, 0.2) is 17.1 Å². The molecule has 2 N–H and O–H groups in total. The van der Waals surface area contributed by atoms with Crippen molar-refractivity contribution in [1.29, 1.82) is 0 Å². The third-order valence-electron chi connectivity index (χ3n) is 4.67. The second-order valence-electron chi connectivity index (χ2n) is 6.84. The summed E-state index contributed by atoms with van der Waals surface area (Å²) in [5.41, 5.74) is 1.10. The van der Waals surface area contributed by atoms with E-state index in [2.05, 4.69) is 15.6 Å². The van der Waals surface area contributed by atoms with E-state index in [1.54, 1.807) is 7.05 Å². The van der Waals surface area contributed by atoms with Gasteiger partial charge in [-0.1, -0.05) is 11.6 Å². The summed E-state index contributed by atoms with van der Waals surface area (Å²) in [6.45, 7) is 4.93. The van der Waals surface area contributed by atoms with Gasteiger partial charge >= 0.3 is 0 Å². The van der Waals surface area contributed by atoms with Crippen LogP contribution in [0.5, 0.6) is 11.5 Å². The molecule has 1 aromatic rings. The molecule has 29 heavy (non-hydrogen) atoms. The van der Waals surface area contributed by atoms with E-state index in [0.717, 1.165) is 69.3 Å². The molecule has 0 spiro atoms. The quantitative estimate of drug-likeness (QED) is 0.218. The second kappa shape index (κ2) is 13.4. The van der Waals surface area contributed by atoms with Gasteiger partial charge in [-0.3, -0.25) is 4.99 Å². The fourth-order valence-electron chi connectivity index (χ4n) is 3.23.